The van der Waals surface area contributed by atoms with Gasteiger partial charge in [0.25, 0.3) is 0 Å². The molecule has 50 valence electrons. The monoisotopic (exact) mass is 132 g/mol. The minimum absolute atomic E-state index is 0.439. The molecule has 0 aliphatic carbocycles. The van der Waals surface area contributed by atoms with Crippen molar-refractivity contribution < 1.29 is 0 Å². The number of hydrogen-bond acceptors (Lipinski definition) is 1. The highest BCUT2D eigenvalue weighted by atomic mass is 32.2. The molecule has 0 bridgehead atoms. The molecule has 0 rings (SSSR count). The van der Waals surface area contributed by atoms with Crippen LogP contribution in [0.2, 0.25) is 0 Å². The summed E-state index contributed by atoms with van der Waals surface area (Å²) in [5, 5.41) is 0.759. The van der Waals surface area contributed by atoms with Gasteiger partial charge in [0.15, 0.2) is 0 Å². The first-order valence-corrected chi connectivity index (χ1v) is 3.97. The highest BCUT2D eigenvalue weighted by molar-refractivity contribution is 8.01. The van der Waals surface area contributed by atoms with E-state index in [0.29, 0.717) is 4.75 Å². The van der Waals surface area contributed by atoms with Crippen molar-refractivity contribution in [1.82, 2.24) is 0 Å². The van der Waals surface area contributed by atoms with Crippen LogP contribution in [0.1, 0.15) is 34.6 Å². The van der Waals surface area contributed by atoms with E-state index in [1.54, 1.807) is 0 Å². The third kappa shape index (κ3) is 6.35. The molecule has 0 heterocycles. The van der Waals surface area contributed by atoms with Crippen LogP contribution in [0.5, 0.6) is 0 Å². The van der Waals surface area contributed by atoms with Crippen LogP contribution in [0.3, 0.4) is 0 Å². The molecule has 0 amide bonds. The molecule has 0 aromatic heterocycles. The van der Waals surface area contributed by atoms with E-state index in [1.165, 1.54) is 0 Å². The van der Waals surface area contributed by atoms with Gasteiger partial charge in [-0.1, -0.05) is 34.6 Å². The standard InChI is InChI=1S/C7H16S/c1-6(2)8-7(3,4)5/h6H,1-5H3. The molecule has 0 atom stereocenters. The second kappa shape index (κ2) is 2.77. The molecule has 1 heteroatoms. The maximum Gasteiger partial charge on any atom is 0.00776 e. The van der Waals surface area contributed by atoms with E-state index in [9.17, 15) is 0 Å². The first-order chi connectivity index (χ1) is 3.42. The Morgan fingerprint density at radius 3 is 1.50 bits per heavy atom. The molecule has 0 aliphatic rings. The summed E-state index contributed by atoms with van der Waals surface area (Å²) < 4.78 is 0.439. The zero-order valence-corrected chi connectivity index (χ0v) is 7.30. The van der Waals surface area contributed by atoms with Crippen LogP contribution in [-0.2, 0) is 0 Å². The van der Waals surface area contributed by atoms with Crippen LogP contribution in [0.4, 0.5) is 0 Å². The zero-order chi connectivity index (χ0) is 6.78. The number of thioether (sulfide) groups is 1. The van der Waals surface area contributed by atoms with E-state index < -0.39 is 0 Å². The topological polar surface area (TPSA) is 0 Å². The fourth-order valence-electron chi connectivity index (χ4n) is 0.707. The van der Waals surface area contributed by atoms with E-state index in [4.69, 9.17) is 0 Å². The summed E-state index contributed by atoms with van der Waals surface area (Å²) in [5.74, 6) is 0. The Labute approximate surface area is 57.1 Å². The van der Waals surface area contributed by atoms with E-state index in [-0.39, 0.29) is 0 Å². The molecule has 0 aromatic rings. The van der Waals surface area contributed by atoms with Gasteiger partial charge in [-0.3, -0.25) is 0 Å². The minimum atomic E-state index is 0.439. The van der Waals surface area contributed by atoms with Crippen LogP contribution in [0.25, 0.3) is 0 Å². The maximum atomic E-state index is 2.25. The average Bonchev–Trinajstić information content (AvgIpc) is 1.21. The van der Waals surface area contributed by atoms with E-state index >= 15 is 0 Å². The summed E-state index contributed by atoms with van der Waals surface area (Å²) in [6.45, 7) is 11.2. The van der Waals surface area contributed by atoms with Crippen molar-refractivity contribution in [3.63, 3.8) is 0 Å². The quantitative estimate of drug-likeness (QED) is 0.528. The Hall–Kier alpha value is 0.350. The van der Waals surface area contributed by atoms with Crippen LogP contribution in [-0.4, -0.2) is 10.00 Å². The van der Waals surface area contributed by atoms with Crippen molar-refractivity contribution in [2.24, 2.45) is 0 Å². The smallest absolute Gasteiger partial charge is 0.00776 e. The minimum Gasteiger partial charge on any atom is -0.153 e. The molecule has 0 N–H and O–H groups in total. The van der Waals surface area contributed by atoms with Gasteiger partial charge in [0.1, 0.15) is 0 Å². The normalized spacial score (nSPS) is 12.8. The van der Waals surface area contributed by atoms with Gasteiger partial charge in [-0.05, 0) is 5.25 Å². The Morgan fingerprint density at radius 2 is 1.50 bits per heavy atom. The van der Waals surface area contributed by atoms with Crippen molar-refractivity contribution in [2.75, 3.05) is 0 Å². The molecular formula is C7H16S. The molecule has 0 aromatic carbocycles. The van der Waals surface area contributed by atoms with Gasteiger partial charge < -0.3 is 0 Å². The van der Waals surface area contributed by atoms with Crippen LogP contribution in [0.15, 0.2) is 0 Å². The first kappa shape index (κ1) is 8.35. The fourth-order valence-corrected chi connectivity index (χ4v) is 2.12. The summed E-state index contributed by atoms with van der Waals surface area (Å²) in [7, 11) is 0. The fraction of sp³-hybridized carbons (Fsp3) is 1.00. The summed E-state index contributed by atoms with van der Waals surface area (Å²) in [6, 6.07) is 0. The van der Waals surface area contributed by atoms with Gasteiger partial charge in [0, 0.05) is 4.75 Å². The van der Waals surface area contributed by atoms with Crippen LogP contribution in [0, 0.1) is 0 Å². The predicted octanol–water partition coefficient (Wildman–Crippen LogP) is 2.93. The van der Waals surface area contributed by atoms with Crippen LogP contribution >= 0.6 is 11.8 Å². The molecule has 0 radical (unpaired) electrons. The Balaban J connectivity index is 3.39. The van der Waals surface area contributed by atoms with Gasteiger partial charge >= 0.3 is 0 Å². The molecule has 0 spiro atoms. The predicted molar refractivity (Wildman–Crippen MR) is 42.5 cm³/mol. The van der Waals surface area contributed by atoms with Gasteiger partial charge in [0.05, 0.1) is 0 Å². The molecule has 0 fully saturated rings. The third-order valence-electron chi connectivity index (χ3n) is 0.589. The Morgan fingerprint density at radius 1 is 1.12 bits per heavy atom. The molecule has 0 saturated heterocycles. The van der Waals surface area contributed by atoms with Crippen molar-refractivity contribution in [1.29, 1.82) is 0 Å². The van der Waals surface area contributed by atoms with Crippen molar-refractivity contribution in [2.45, 2.75) is 44.6 Å². The lowest BCUT2D eigenvalue weighted by Gasteiger charge is -2.19. The van der Waals surface area contributed by atoms with Gasteiger partial charge in [-0.2, -0.15) is 11.8 Å². The average molecular weight is 132 g/mol. The van der Waals surface area contributed by atoms with Gasteiger partial charge in [0.2, 0.25) is 0 Å². The highest BCUT2D eigenvalue weighted by Gasteiger charge is 2.11. The van der Waals surface area contributed by atoms with Gasteiger partial charge in [-0.25, -0.2) is 0 Å². The van der Waals surface area contributed by atoms with Crippen molar-refractivity contribution >= 4 is 11.8 Å². The molecular weight excluding hydrogens is 116 g/mol. The molecule has 0 aliphatic heterocycles. The van der Waals surface area contributed by atoms with E-state index in [1.807, 2.05) is 11.8 Å². The van der Waals surface area contributed by atoms with E-state index in [2.05, 4.69) is 34.6 Å². The van der Waals surface area contributed by atoms with E-state index in [0.717, 1.165) is 5.25 Å². The number of rotatable bonds is 1. The summed E-state index contributed by atoms with van der Waals surface area (Å²) >= 11 is 2.01. The first-order valence-electron chi connectivity index (χ1n) is 3.09. The summed E-state index contributed by atoms with van der Waals surface area (Å²) in [5.41, 5.74) is 0. The van der Waals surface area contributed by atoms with Crippen molar-refractivity contribution in [3.05, 3.63) is 0 Å². The molecule has 0 saturated carbocycles. The summed E-state index contributed by atoms with van der Waals surface area (Å²) in [4.78, 5) is 0. The lowest BCUT2D eigenvalue weighted by Crippen LogP contribution is -2.10. The van der Waals surface area contributed by atoms with Crippen LogP contribution < -0.4 is 0 Å². The third-order valence-corrected chi connectivity index (χ3v) is 1.77. The SMILES string of the molecule is CC(C)SC(C)(C)C. The Bertz CT molecular complexity index is 59.3. The lowest BCUT2D eigenvalue weighted by molar-refractivity contribution is 0.795. The maximum absolute atomic E-state index is 2.25. The Kier molecular flexibility index (Phi) is 2.89. The molecule has 8 heavy (non-hydrogen) atoms. The van der Waals surface area contributed by atoms with Gasteiger partial charge in [-0.15, -0.1) is 0 Å². The molecule has 0 nitrogen and oxygen atoms in total. The second-order valence-corrected chi connectivity index (χ2v) is 5.68. The largest absolute Gasteiger partial charge is 0.153 e. The number of hydrogen-bond donors (Lipinski definition) is 0. The second-order valence-electron chi connectivity index (χ2n) is 3.28. The lowest BCUT2D eigenvalue weighted by atomic mass is 10.3. The summed E-state index contributed by atoms with van der Waals surface area (Å²) in [6.07, 6.45) is 0. The van der Waals surface area contributed by atoms with Crippen molar-refractivity contribution in [3.8, 4) is 0 Å². The highest BCUT2D eigenvalue weighted by Crippen LogP contribution is 2.26. The molecule has 0 unspecified atom stereocenters. The zero-order valence-electron chi connectivity index (χ0n) is 6.49.